The third kappa shape index (κ3) is 6.85. The smallest absolute Gasteiger partial charge is 0.238 e. The second kappa shape index (κ2) is 10.7. The number of rotatable bonds is 12. The third-order valence-electron chi connectivity index (χ3n) is 5.63. The zero-order valence-corrected chi connectivity index (χ0v) is 19.9. The van der Waals surface area contributed by atoms with Gasteiger partial charge >= 0.3 is 0 Å². The van der Waals surface area contributed by atoms with Crippen LogP contribution >= 0.6 is 0 Å². The van der Waals surface area contributed by atoms with E-state index in [1.165, 1.54) is 0 Å². The first-order chi connectivity index (χ1) is 14.5. The van der Waals surface area contributed by atoms with Crippen molar-refractivity contribution < 1.29 is 23.1 Å². The Hall–Kier alpha value is -1.77. The third-order valence-corrected chi connectivity index (χ3v) is 7.21. The summed E-state index contributed by atoms with van der Waals surface area (Å²) in [6, 6.07) is 7.70. The van der Waals surface area contributed by atoms with E-state index in [9.17, 15) is 23.1 Å². The van der Waals surface area contributed by atoms with Gasteiger partial charge in [-0.2, -0.15) is 0 Å². The number of sulfonamides is 1. The maximum atomic E-state index is 13.0. The van der Waals surface area contributed by atoms with Crippen LogP contribution in [0.3, 0.4) is 0 Å². The quantitative estimate of drug-likeness (QED) is 0.450. The van der Waals surface area contributed by atoms with Gasteiger partial charge in [0.2, 0.25) is 15.9 Å². The number of benzene rings is 1. The number of amides is 1. The van der Waals surface area contributed by atoms with Gasteiger partial charge in [0, 0.05) is 0 Å². The molecule has 8 heteroatoms. The van der Waals surface area contributed by atoms with Gasteiger partial charge in [0.25, 0.3) is 0 Å². The molecule has 0 saturated heterocycles. The average Bonchev–Trinajstić information content (AvgIpc) is 3.35. The van der Waals surface area contributed by atoms with Gasteiger partial charge < -0.3 is 10.4 Å². The lowest BCUT2D eigenvalue weighted by Gasteiger charge is -2.30. The largest absolute Gasteiger partial charge is 0.390 e. The topological polar surface area (TPSA) is 113 Å². The Morgan fingerprint density at radius 1 is 1.13 bits per heavy atom. The lowest BCUT2D eigenvalue weighted by molar-refractivity contribution is -0.125. The molecular formula is C23H36N2O5S. The summed E-state index contributed by atoms with van der Waals surface area (Å²) in [5.41, 5.74) is 0.857. The molecular weight excluding hydrogens is 416 g/mol. The highest BCUT2D eigenvalue weighted by atomic mass is 32.2. The summed E-state index contributed by atoms with van der Waals surface area (Å²) in [6.07, 6.45) is -0.262. The summed E-state index contributed by atoms with van der Waals surface area (Å²) in [4.78, 5) is 25.5. The van der Waals surface area contributed by atoms with Gasteiger partial charge in [0.1, 0.15) is 11.8 Å². The van der Waals surface area contributed by atoms with E-state index in [4.69, 9.17) is 0 Å². The van der Waals surface area contributed by atoms with E-state index < -0.39 is 40.0 Å². The van der Waals surface area contributed by atoms with Crippen LogP contribution in [0, 0.1) is 17.8 Å². The van der Waals surface area contributed by atoms with Crippen molar-refractivity contribution in [3.05, 3.63) is 35.9 Å². The minimum absolute atomic E-state index is 0.0408. The second-order valence-electron chi connectivity index (χ2n) is 9.20. The molecule has 5 atom stereocenters. The van der Waals surface area contributed by atoms with Crippen LogP contribution < -0.4 is 10.0 Å². The zero-order valence-electron chi connectivity index (χ0n) is 19.0. The van der Waals surface area contributed by atoms with E-state index in [0.29, 0.717) is 12.8 Å². The molecule has 1 aliphatic rings. The molecule has 7 nitrogen and oxygen atoms in total. The highest BCUT2D eigenvalue weighted by Gasteiger charge is 2.56. The normalized spacial score (nSPS) is 21.7. The first-order valence-corrected chi connectivity index (χ1v) is 12.7. The first-order valence-electron chi connectivity index (χ1n) is 11.1. The van der Waals surface area contributed by atoms with Crippen molar-refractivity contribution >= 4 is 21.7 Å². The Kier molecular flexibility index (Phi) is 8.80. The van der Waals surface area contributed by atoms with Gasteiger partial charge in [0.05, 0.1) is 29.7 Å². The molecule has 0 radical (unpaired) electrons. The fourth-order valence-electron chi connectivity index (χ4n) is 4.02. The summed E-state index contributed by atoms with van der Waals surface area (Å²) in [6.45, 7) is 9.30. The van der Waals surface area contributed by atoms with Crippen molar-refractivity contribution in [1.29, 1.82) is 0 Å². The molecule has 1 saturated carbocycles. The summed E-state index contributed by atoms with van der Waals surface area (Å²) in [7, 11) is -3.58. The Morgan fingerprint density at radius 3 is 2.26 bits per heavy atom. The van der Waals surface area contributed by atoms with E-state index in [-0.39, 0.29) is 29.3 Å². The van der Waals surface area contributed by atoms with E-state index in [1.54, 1.807) is 6.92 Å². The summed E-state index contributed by atoms with van der Waals surface area (Å²) in [5, 5.41) is 13.8. The molecule has 0 heterocycles. The Morgan fingerprint density at radius 2 is 1.74 bits per heavy atom. The van der Waals surface area contributed by atoms with Crippen molar-refractivity contribution in [2.45, 2.75) is 71.6 Å². The van der Waals surface area contributed by atoms with Crippen molar-refractivity contribution in [3.63, 3.8) is 0 Å². The summed E-state index contributed by atoms with van der Waals surface area (Å²) >= 11 is 0. The number of hydrogen-bond donors (Lipinski definition) is 3. The number of carbonyl (C=O) groups excluding carboxylic acids is 2. The number of Topliss-reactive ketones (excluding diaryl/α,β-unsaturated/α-hetero) is 1. The van der Waals surface area contributed by atoms with Crippen LogP contribution in [0.15, 0.2) is 30.3 Å². The number of hydrogen-bond acceptors (Lipinski definition) is 5. The van der Waals surface area contributed by atoms with Crippen molar-refractivity contribution in [3.8, 4) is 0 Å². The maximum absolute atomic E-state index is 13.0. The Labute approximate surface area is 186 Å². The van der Waals surface area contributed by atoms with Gasteiger partial charge in [0.15, 0.2) is 0 Å². The second-order valence-corrected chi connectivity index (χ2v) is 11.1. The van der Waals surface area contributed by atoms with Gasteiger partial charge in [-0.3, -0.25) is 9.59 Å². The highest BCUT2D eigenvalue weighted by Crippen LogP contribution is 2.46. The lowest BCUT2D eigenvalue weighted by atomic mass is 9.92. The van der Waals surface area contributed by atoms with Crippen LogP contribution in [-0.2, 0) is 19.6 Å². The minimum atomic E-state index is -3.58. The van der Waals surface area contributed by atoms with Crippen molar-refractivity contribution in [2.24, 2.45) is 17.8 Å². The number of nitrogens with one attached hydrogen (secondary N) is 2. The minimum Gasteiger partial charge on any atom is -0.390 e. The average molecular weight is 453 g/mol. The number of ketones is 1. The van der Waals surface area contributed by atoms with Gasteiger partial charge in [-0.15, -0.1) is 0 Å². The molecule has 1 aliphatic carbocycles. The first kappa shape index (κ1) is 25.5. The molecule has 0 aromatic heterocycles. The van der Waals surface area contributed by atoms with Crippen LogP contribution in [0.1, 0.15) is 58.9 Å². The molecule has 3 N–H and O–H groups in total. The molecule has 2 unspecified atom stereocenters. The molecule has 31 heavy (non-hydrogen) atoms. The summed E-state index contributed by atoms with van der Waals surface area (Å²) < 4.78 is 27.0. The Balaban J connectivity index is 2.14. The molecule has 2 rings (SSSR count). The van der Waals surface area contributed by atoms with Crippen LogP contribution in [0.4, 0.5) is 0 Å². The van der Waals surface area contributed by atoms with Crippen LogP contribution in [0.5, 0.6) is 0 Å². The number of aliphatic hydroxyl groups is 1. The fourth-order valence-corrected chi connectivity index (χ4v) is 5.31. The molecule has 1 fully saturated rings. The molecule has 0 bridgehead atoms. The SMILES string of the molecule is CCCS(=O)(=O)N[C@@H](CC(C)C)C(=O)N[C@@H](C(C)C)[C@@H](O)C1C(=O)C1c1ccccc1. The van der Waals surface area contributed by atoms with Crippen LogP contribution in [0.2, 0.25) is 0 Å². The molecule has 1 aromatic rings. The maximum Gasteiger partial charge on any atom is 0.238 e. The van der Waals surface area contributed by atoms with Crippen molar-refractivity contribution in [2.75, 3.05) is 5.75 Å². The molecule has 1 aromatic carbocycles. The highest BCUT2D eigenvalue weighted by molar-refractivity contribution is 7.89. The zero-order chi connectivity index (χ0) is 23.3. The van der Waals surface area contributed by atoms with E-state index in [1.807, 2.05) is 58.0 Å². The fraction of sp³-hybridized carbons (Fsp3) is 0.652. The van der Waals surface area contributed by atoms with E-state index >= 15 is 0 Å². The van der Waals surface area contributed by atoms with Crippen molar-refractivity contribution in [1.82, 2.24) is 10.0 Å². The van der Waals surface area contributed by atoms with E-state index in [2.05, 4.69) is 10.0 Å². The van der Waals surface area contributed by atoms with Gasteiger partial charge in [-0.05, 0) is 30.2 Å². The van der Waals surface area contributed by atoms with E-state index in [0.717, 1.165) is 5.56 Å². The molecule has 1 amide bonds. The predicted octanol–water partition coefficient (Wildman–Crippen LogP) is 2.21. The van der Waals surface area contributed by atoms with Crippen LogP contribution in [0.25, 0.3) is 0 Å². The molecule has 0 spiro atoms. The molecule has 174 valence electrons. The molecule has 0 aliphatic heterocycles. The standard InChI is InChI=1S/C23H36N2O5S/c1-6-12-31(29,30)25-17(13-14(2)3)23(28)24-20(15(4)5)22(27)19-18(21(19)26)16-10-8-7-9-11-16/h7-11,14-15,17-20,22,25,27H,6,12-13H2,1-5H3,(H,24,28)/t17-,18?,19?,20-,22-/m0/s1. The lowest BCUT2D eigenvalue weighted by Crippen LogP contribution is -2.55. The predicted molar refractivity (Wildman–Crippen MR) is 121 cm³/mol. The number of aliphatic hydroxyl groups excluding tert-OH is 1. The van der Waals surface area contributed by atoms with Crippen LogP contribution in [-0.4, -0.2) is 49.2 Å². The Bertz CT molecular complexity index is 854. The van der Waals surface area contributed by atoms with Gasteiger partial charge in [-0.25, -0.2) is 13.1 Å². The number of carbonyl (C=O) groups is 2. The summed E-state index contributed by atoms with van der Waals surface area (Å²) in [5.74, 6) is -1.57. The monoisotopic (exact) mass is 452 g/mol. The van der Waals surface area contributed by atoms with Gasteiger partial charge in [-0.1, -0.05) is 65.0 Å².